The van der Waals surface area contributed by atoms with Gasteiger partial charge in [0, 0.05) is 0 Å². The Morgan fingerprint density at radius 1 is 1.05 bits per heavy atom. The lowest BCUT2D eigenvalue weighted by Gasteiger charge is -2.13. The molecule has 2 aromatic rings. The van der Waals surface area contributed by atoms with Crippen molar-refractivity contribution in [1.82, 2.24) is 0 Å². The van der Waals surface area contributed by atoms with Crippen molar-refractivity contribution >= 4 is 46.0 Å². The van der Waals surface area contributed by atoms with Gasteiger partial charge in [-0.2, -0.15) is 0 Å². The molecule has 3 rings (SSSR count). The van der Waals surface area contributed by atoms with E-state index >= 15 is 0 Å². The first-order valence-electron chi connectivity index (χ1n) is 6.55. The Bertz CT molecular complexity index is 720. The fourth-order valence-electron chi connectivity index (χ4n) is 2.08. The summed E-state index contributed by atoms with van der Waals surface area (Å²) >= 11 is 6.69. The van der Waals surface area contributed by atoms with Crippen LogP contribution in [0, 0.1) is 6.92 Å². The van der Waals surface area contributed by atoms with Gasteiger partial charge in [-0.25, -0.2) is 0 Å². The van der Waals surface area contributed by atoms with E-state index in [4.69, 9.17) is 12.2 Å². The predicted molar refractivity (Wildman–Crippen MR) is 93.3 cm³/mol. The molecule has 1 heterocycles. The van der Waals surface area contributed by atoms with Gasteiger partial charge in [-0.15, -0.1) is 0 Å². The van der Waals surface area contributed by atoms with Crippen LogP contribution in [-0.2, 0) is 4.79 Å². The first kappa shape index (κ1) is 14.0. The second-order valence-corrected chi connectivity index (χ2v) is 6.44. The average molecular weight is 311 g/mol. The van der Waals surface area contributed by atoms with Gasteiger partial charge in [0.25, 0.3) is 5.91 Å². The van der Waals surface area contributed by atoms with E-state index in [0.717, 1.165) is 11.3 Å². The minimum atomic E-state index is -0.0585. The lowest BCUT2D eigenvalue weighted by molar-refractivity contribution is -0.113. The Morgan fingerprint density at radius 2 is 1.71 bits per heavy atom. The van der Waals surface area contributed by atoms with E-state index in [1.165, 1.54) is 17.3 Å². The molecule has 1 amide bonds. The quantitative estimate of drug-likeness (QED) is 0.605. The van der Waals surface area contributed by atoms with Crippen LogP contribution >= 0.6 is 24.0 Å². The predicted octanol–water partition coefficient (Wildman–Crippen LogP) is 4.40. The molecule has 104 valence electrons. The molecule has 0 atom stereocenters. The number of amides is 1. The lowest BCUT2D eigenvalue weighted by atomic mass is 10.1. The fourth-order valence-corrected chi connectivity index (χ4v) is 3.38. The zero-order valence-corrected chi connectivity index (χ0v) is 13.1. The van der Waals surface area contributed by atoms with Gasteiger partial charge in [0.1, 0.15) is 0 Å². The highest BCUT2D eigenvalue weighted by atomic mass is 32.2. The van der Waals surface area contributed by atoms with E-state index in [1.807, 2.05) is 67.6 Å². The van der Waals surface area contributed by atoms with Crippen LogP contribution in [0.15, 0.2) is 59.5 Å². The second-order valence-electron chi connectivity index (χ2n) is 4.76. The van der Waals surface area contributed by atoms with Crippen LogP contribution in [0.4, 0.5) is 5.69 Å². The number of rotatable bonds is 2. The highest BCUT2D eigenvalue weighted by Gasteiger charge is 2.32. The van der Waals surface area contributed by atoms with Gasteiger partial charge >= 0.3 is 0 Å². The van der Waals surface area contributed by atoms with Crippen LogP contribution < -0.4 is 4.90 Å². The summed E-state index contributed by atoms with van der Waals surface area (Å²) in [6, 6.07) is 17.6. The first-order valence-corrected chi connectivity index (χ1v) is 7.77. The smallest absolute Gasteiger partial charge is 0.268 e. The maximum atomic E-state index is 12.5. The summed E-state index contributed by atoms with van der Waals surface area (Å²) in [5.41, 5.74) is 3.02. The Hall–Kier alpha value is -1.91. The van der Waals surface area contributed by atoms with Crippen LogP contribution in [0.3, 0.4) is 0 Å². The normalized spacial score (nSPS) is 16.8. The molecule has 21 heavy (non-hydrogen) atoms. The van der Waals surface area contributed by atoms with Crippen molar-refractivity contribution in [1.29, 1.82) is 0 Å². The second kappa shape index (κ2) is 5.84. The SMILES string of the molecule is Cc1ccc(C=C2SC(=S)N(c3ccccc3)C2=O)cc1. The fraction of sp³-hybridized carbons (Fsp3) is 0.0588. The molecular formula is C17H13NOS2. The van der Waals surface area contributed by atoms with E-state index in [1.54, 1.807) is 4.90 Å². The number of carbonyl (C=O) groups is 1. The third-order valence-corrected chi connectivity index (χ3v) is 4.49. The Morgan fingerprint density at radius 3 is 2.38 bits per heavy atom. The van der Waals surface area contributed by atoms with Crippen molar-refractivity contribution in [2.45, 2.75) is 6.92 Å². The van der Waals surface area contributed by atoms with E-state index in [-0.39, 0.29) is 5.91 Å². The Balaban J connectivity index is 1.92. The summed E-state index contributed by atoms with van der Waals surface area (Å²) in [6.07, 6.45) is 1.89. The van der Waals surface area contributed by atoms with Crippen molar-refractivity contribution < 1.29 is 4.79 Å². The maximum Gasteiger partial charge on any atom is 0.270 e. The number of anilines is 1. The van der Waals surface area contributed by atoms with Crippen molar-refractivity contribution in [2.75, 3.05) is 4.90 Å². The van der Waals surface area contributed by atoms with Gasteiger partial charge in [0.2, 0.25) is 0 Å². The number of carbonyl (C=O) groups excluding carboxylic acids is 1. The standard InChI is InChI=1S/C17H13NOS2/c1-12-7-9-13(10-8-12)11-15-16(19)18(17(20)21-15)14-5-3-2-4-6-14/h2-11H,1H3. The third-order valence-electron chi connectivity index (χ3n) is 3.18. The molecule has 4 heteroatoms. The van der Waals surface area contributed by atoms with Crippen LogP contribution in [0.2, 0.25) is 0 Å². The molecular weight excluding hydrogens is 298 g/mol. The summed E-state index contributed by atoms with van der Waals surface area (Å²) in [5.74, 6) is -0.0585. The molecule has 0 N–H and O–H groups in total. The molecule has 1 aliphatic rings. The minimum absolute atomic E-state index is 0.0585. The summed E-state index contributed by atoms with van der Waals surface area (Å²) in [7, 11) is 0. The molecule has 0 aliphatic carbocycles. The first-order chi connectivity index (χ1) is 10.1. The number of thioether (sulfide) groups is 1. The van der Waals surface area contributed by atoms with E-state index in [0.29, 0.717) is 9.23 Å². The number of nitrogens with zero attached hydrogens (tertiary/aromatic N) is 1. The van der Waals surface area contributed by atoms with Gasteiger partial charge < -0.3 is 0 Å². The van der Waals surface area contributed by atoms with E-state index in [9.17, 15) is 4.79 Å². The maximum absolute atomic E-state index is 12.5. The molecule has 0 unspecified atom stereocenters. The molecule has 0 radical (unpaired) electrons. The zero-order valence-electron chi connectivity index (χ0n) is 11.4. The summed E-state index contributed by atoms with van der Waals surface area (Å²) in [4.78, 5) is 14.8. The molecule has 1 saturated heterocycles. The van der Waals surface area contributed by atoms with E-state index < -0.39 is 0 Å². The molecule has 0 spiro atoms. The van der Waals surface area contributed by atoms with Gasteiger partial charge in [-0.3, -0.25) is 9.69 Å². The highest BCUT2D eigenvalue weighted by Crippen LogP contribution is 2.35. The zero-order chi connectivity index (χ0) is 14.8. The number of hydrogen-bond acceptors (Lipinski definition) is 3. The van der Waals surface area contributed by atoms with Crippen molar-refractivity contribution in [3.05, 3.63) is 70.6 Å². The van der Waals surface area contributed by atoms with Gasteiger partial charge in [-0.1, -0.05) is 72.0 Å². The van der Waals surface area contributed by atoms with E-state index in [2.05, 4.69) is 0 Å². The molecule has 0 bridgehead atoms. The number of benzene rings is 2. The Kier molecular flexibility index (Phi) is 3.90. The summed E-state index contributed by atoms with van der Waals surface area (Å²) in [6.45, 7) is 2.04. The van der Waals surface area contributed by atoms with Crippen LogP contribution in [0.1, 0.15) is 11.1 Å². The van der Waals surface area contributed by atoms with Gasteiger partial charge in [-0.05, 0) is 30.7 Å². The topological polar surface area (TPSA) is 20.3 Å². The minimum Gasteiger partial charge on any atom is -0.268 e. The third kappa shape index (κ3) is 2.91. The molecule has 0 saturated carbocycles. The molecule has 0 aromatic heterocycles. The van der Waals surface area contributed by atoms with Crippen LogP contribution in [-0.4, -0.2) is 10.2 Å². The molecule has 2 aromatic carbocycles. The molecule has 1 aliphatic heterocycles. The average Bonchev–Trinajstić information content (AvgIpc) is 2.77. The number of thiocarbonyl (C=S) groups is 1. The van der Waals surface area contributed by atoms with Crippen molar-refractivity contribution in [2.24, 2.45) is 0 Å². The Labute approximate surface area is 133 Å². The molecule has 1 fully saturated rings. The van der Waals surface area contributed by atoms with Crippen LogP contribution in [0.25, 0.3) is 6.08 Å². The van der Waals surface area contributed by atoms with Crippen LogP contribution in [0.5, 0.6) is 0 Å². The monoisotopic (exact) mass is 311 g/mol. The largest absolute Gasteiger partial charge is 0.270 e. The van der Waals surface area contributed by atoms with Crippen molar-refractivity contribution in [3.63, 3.8) is 0 Å². The highest BCUT2D eigenvalue weighted by molar-refractivity contribution is 8.27. The summed E-state index contributed by atoms with van der Waals surface area (Å²) in [5, 5.41) is 0. The van der Waals surface area contributed by atoms with Crippen molar-refractivity contribution in [3.8, 4) is 0 Å². The molecule has 2 nitrogen and oxygen atoms in total. The van der Waals surface area contributed by atoms with Gasteiger partial charge in [0.15, 0.2) is 4.32 Å². The number of hydrogen-bond donors (Lipinski definition) is 0. The van der Waals surface area contributed by atoms with Gasteiger partial charge in [0.05, 0.1) is 10.6 Å². The lowest BCUT2D eigenvalue weighted by Crippen LogP contribution is -2.27. The number of para-hydroxylation sites is 1. The number of aryl methyl sites for hydroxylation is 1. The summed E-state index contributed by atoms with van der Waals surface area (Å²) < 4.78 is 0.574.